The van der Waals surface area contributed by atoms with E-state index in [0.717, 1.165) is 11.4 Å². The molecular weight excluding hydrogens is 627 g/mol. The van der Waals surface area contributed by atoms with Gasteiger partial charge in [0.2, 0.25) is 0 Å². The van der Waals surface area contributed by atoms with Crippen molar-refractivity contribution in [2.75, 3.05) is 4.90 Å². The van der Waals surface area contributed by atoms with Crippen molar-refractivity contribution in [1.82, 2.24) is 0 Å². The lowest BCUT2D eigenvalue weighted by Gasteiger charge is -2.36. The first kappa shape index (κ1) is 30.4. The topological polar surface area (TPSA) is 3.24 Å². The second kappa shape index (κ2) is 11.8. The van der Waals surface area contributed by atoms with Crippen molar-refractivity contribution in [3.05, 3.63) is 199 Å². The SMILES string of the molecule is CC1(C)C(N(c2ccc(-c3ccc4ccccc4c3)cc2)c2ccc(-c3ccc4ccccc4c3)cc2)=Cc2c1c1ccccc1c1ccccc21. The fourth-order valence-electron chi connectivity index (χ4n) is 8.55. The summed E-state index contributed by atoms with van der Waals surface area (Å²) in [4.78, 5) is 2.48. The van der Waals surface area contributed by atoms with Gasteiger partial charge in [-0.15, -0.1) is 0 Å². The highest BCUT2D eigenvalue weighted by Gasteiger charge is 2.39. The van der Waals surface area contributed by atoms with Crippen LogP contribution in [0.25, 0.3) is 71.4 Å². The first-order valence-electron chi connectivity index (χ1n) is 18.2. The maximum absolute atomic E-state index is 2.48. The van der Waals surface area contributed by atoms with Gasteiger partial charge in [0.05, 0.1) is 0 Å². The van der Waals surface area contributed by atoms with E-state index in [4.69, 9.17) is 0 Å². The van der Waals surface area contributed by atoms with Crippen LogP contribution < -0.4 is 4.90 Å². The first-order chi connectivity index (χ1) is 25.5. The number of rotatable bonds is 5. The summed E-state index contributed by atoms with van der Waals surface area (Å²) < 4.78 is 0. The summed E-state index contributed by atoms with van der Waals surface area (Å²) in [6.07, 6.45) is 2.46. The number of nitrogens with zero attached hydrogens (tertiary/aromatic N) is 1. The maximum atomic E-state index is 2.48. The normalized spacial score (nSPS) is 13.5. The van der Waals surface area contributed by atoms with E-state index in [1.165, 1.54) is 82.2 Å². The molecular formula is C51H37N. The maximum Gasteiger partial charge on any atom is 0.0459 e. The summed E-state index contributed by atoms with van der Waals surface area (Å²) in [5, 5.41) is 10.3. The van der Waals surface area contributed by atoms with Gasteiger partial charge >= 0.3 is 0 Å². The van der Waals surface area contributed by atoms with Crippen LogP contribution in [0.15, 0.2) is 188 Å². The van der Waals surface area contributed by atoms with Crippen molar-refractivity contribution in [2.24, 2.45) is 0 Å². The molecule has 9 aromatic rings. The molecule has 0 aromatic heterocycles. The van der Waals surface area contributed by atoms with Crippen molar-refractivity contribution in [3.63, 3.8) is 0 Å². The van der Waals surface area contributed by atoms with Crippen LogP contribution in [0.4, 0.5) is 11.4 Å². The summed E-state index contributed by atoms with van der Waals surface area (Å²) in [5.41, 5.74) is 10.9. The third-order valence-corrected chi connectivity index (χ3v) is 11.2. The van der Waals surface area contributed by atoms with E-state index in [1.807, 2.05) is 0 Å². The summed E-state index contributed by atoms with van der Waals surface area (Å²) in [6, 6.07) is 66.7. The molecule has 246 valence electrons. The molecule has 1 nitrogen and oxygen atoms in total. The third-order valence-electron chi connectivity index (χ3n) is 11.2. The standard InChI is InChI=1S/C51H37N/c1-51(2)49(33-48-46-17-8-7-15-44(46)45-16-9-10-18-47(45)50(48)51)52(42-27-23-36(24-28-42)40-21-19-34-11-3-5-13-38(34)31-40)43-29-25-37(26-30-43)41-22-20-35-12-4-6-14-39(35)32-41/h3-33H,1-2H3. The zero-order valence-corrected chi connectivity index (χ0v) is 29.3. The molecule has 0 atom stereocenters. The molecule has 0 N–H and O–H groups in total. The molecule has 0 unspecified atom stereocenters. The number of benzene rings is 9. The number of hydrogen-bond donors (Lipinski definition) is 0. The smallest absolute Gasteiger partial charge is 0.0459 e. The minimum atomic E-state index is -0.271. The Morgan fingerprint density at radius 1 is 0.365 bits per heavy atom. The van der Waals surface area contributed by atoms with Crippen LogP contribution in [0, 0.1) is 0 Å². The second-order valence-electron chi connectivity index (χ2n) is 14.6. The van der Waals surface area contributed by atoms with Gasteiger partial charge in [0.1, 0.15) is 0 Å². The van der Waals surface area contributed by atoms with Crippen LogP contribution in [0.2, 0.25) is 0 Å². The monoisotopic (exact) mass is 663 g/mol. The quantitative estimate of drug-likeness (QED) is 0.166. The molecule has 10 rings (SSSR count). The van der Waals surface area contributed by atoms with Crippen molar-refractivity contribution >= 4 is 60.5 Å². The van der Waals surface area contributed by atoms with Crippen LogP contribution in [0.5, 0.6) is 0 Å². The largest absolute Gasteiger partial charge is 0.313 e. The molecule has 0 aliphatic heterocycles. The Labute approximate surface area is 304 Å². The van der Waals surface area contributed by atoms with Gasteiger partial charge in [0.25, 0.3) is 0 Å². The van der Waals surface area contributed by atoms with Crippen LogP contribution in [0.3, 0.4) is 0 Å². The van der Waals surface area contributed by atoms with Gasteiger partial charge in [-0.3, -0.25) is 0 Å². The van der Waals surface area contributed by atoms with Crippen molar-refractivity contribution in [1.29, 1.82) is 0 Å². The molecule has 0 saturated carbocycles. The average molecular weight is 664 g/mol. The second-order valence-corrected chi connectivity index (χ2v) is 14.6. The Morgan fingerprint density at radius 2 is 0.769 bits per heavy atom. The Bertz CT molecular complexity index is 2730. The van der Waals surface area contributed by atoms with E-state index < -0.39 is 0 Å². The highest BCUT2D eigenvalue weighted by Crippen LogP contribution is 2.52. The minimum Gasteiger partial charge on any atom is -0.313 e. The van der Waals surface area contributed by atoms with Crippen LogP contribution in [-0.4, -0.2) is 0 Å². The molecule has 9 aromatic carbocycles. The van der Waals surface area contributed by atoms with E-state index in [-0.39, 0.29) is 5.41 Å². The Hall–Kier alpha value is -6.44. The molecule has 0 spiro atoms. The van der Waals surface area contributed by atoms with E-state index in [9.17, 15) is 0 Å². The van der Waals surface area contributed by atoms with Gasteiger partial charge in [-0.25, -0.2) is 0 Å². The summed E-state index contributed by atoms with van der Waals surface area (Å²) in [7, 11) is 0. The van der Waals surface area contributed by atoms with Crippen molar-refractivity contribution in [3.8, 4) is 22.3 Å². The van der Waals surface area contributed by atoms with Gasteiger partial charge in [0.15, 0.2) is 0 Å². The lowest BCUT2D eigenvalue weighted by atomic mass is 9.79. The molecule has 52 heavy (non-hydrogen) atoms. The molecule has 0 amide bonds. The molecule has 0 fully saturated rings. The fraction of sp³-hybridized carbons (Fsp3) is 0.0588. The minimum absolute atomic E-state index is 0.271. The number of allylic oxidation sites excluding steroid dienone is 1. The van der Waals surface area contributed by atoms with E-state index >= 15 is 0 Å². The van der Waals surface area contributed by atoms with Crippen LogP contribution in [0.1, 0.15) is 25.0 Å². The molecule has 1 heteroatoms. The number of fused-ring (bicyclic) bond motifs is 8. The van der Waals surface area contributed by atoms with E-state index in [0.29, 0.717) is 0 Å². The molecule has 0 heterocycles. The molecule has 0 bridgehead atoms. The van der Waals surface area contributed by atoms with Gasteiger partial charge in [-0.05, 0) is 119 Å². The summed E-state index contributed by atoms with van der Waals surface area (Å²) >= 11 is 0. The van der Waals surface area contributed by atoms with E-state index in [2.05, 4.69) is 207 Å². The molecule has 1 aliphatic rings. The lowest BCUT2D eigenvalue weighted by Crippen LogP contribution is -2.29. The average Bonchev–Trinajstić information content (AvgIpc) is 3.48. The Morgan fingerprint density at radius 3 is 1.29 bits per heavy atom. The lowest BCUT2D eigenvalue weighted by molar-refractivity contribution is 0.632. The van der Waals surface area contributed by atoms with Gasteiger partial charge in [-0.2, -0.15) is 0 Å². The summed E-state index contributed by atoms with van der Waals surface area (Å²) in [5.74, 6) is 0. The Balaban J connectivity index is 1.12. The van der Waals surface area contributed by atoms with Crippen LogP contribution >= 0.6 is 0 Å². The highest BCUT2D eigenvalue weighted by atomic mass is 15.2. The zero-order valence-electron chi connectivity index (χ0n) is 29.3. The predicted octanol–water partition coefficient (Wildman–Crippen LogP) is 14.1. The van der Waals surface area contributed by atoms with Gasteiger partial charge in [-0.1, -0.05) is 159 Å². The summed E-state index contributed by atoms with van der Waals surface area (Å²) in [6.45, 7) is 4.79. The fourth-order valence-corrected chi connectivity index (χ4v) is 8.55. The predicted molar refractivity (Wildman–Crippen MR) is 223 cm³/mol. The first-order valence-corrected chi connectivity index (χ1v) is 18.2. The number of anilines is 2. The van der Waals surface area contributed by atoms with Crippen molar-refractivity contribution in [2.45, 2.75) is 19.3 Å². The van der Waals surface area contributed by atoms with Crippen LogP contribution in [-0.2, 0) is 5.41 Å². The van der Waals surface area contributed by atoms with Gasteiger partial charge in [0, 0.05) is 22.5 Å². The zero-order chi connectivity index (χ0) is 34.8. The third kappa shape index (κ3) is 4.85. The molecule has 0 saturated heterocycles. The Kier molecular flexibility index (Phi) is 6.91. The molecule has 1 aliphatic carbocycles. The van der Waals surface area contributed by atoms with E-state index in [1.54, 1.807) is 0 Å². The van der Waals surface area contributed by atoms with Crippen molar-refractivity contribution < 1.29 is 0 Å². The number of hydrogen-bond acceptors (Lipinski definition) is 1. The molecule has 0 radical (unpaired) electrons. The van der Waals surface area contributed by atoms with Gasteiger partial charge < -0.3 is 4.90 Å². The highest BCUT2D eigenvalue weighted by molar-refractivity contribution is 6.15.